The number of hydrogen-bond acceptors (Lipinski definition) is 4. The van der Waals surface area contributed by atoms with Crippen molar-refractivity contribution >= 4 is 34.8 Å². The van der Waals surface area contributed by atoms with Gasteiger partial charge in [-0.25, -0.2) is 5.43 Å². The van der Waals surface area contributed by atoms with E-state index in [0.29, 0.717) is 16.5 Å². The number of nitrogens with zero attached hydrogens (tertiary/aromatic N) is 1. The highest BCUT2D eigenvalue weighted by Crippen LogP contribution is 2.30. The van der Waals surface area contributed by atoms with Gasteiger partial charge in [0.2, 0.25) is 5.91 Å². The molecule has 0 aliphatic heterocycles. The Morgan fingerprint density at radius 2 is 1.97 bits per heavy atom. The predicted octanol–water partition coefficient (Wildman–Crippen LogP) is 4.30. The summed E-state index contributed by atoms with van der Waals surface area (Å²) in [6.45, 7) is 5.31. The van der Waals surface area contributed by atoms with Crippen LogP contribution in [0.5, 0.6) is 5.75 Å². The second-order valence-corrected chi connectivity index (χ2v) is 7.62. The van der Waals surface area contributed by atoms with Crippen molar-refractivity contribution in [2.24, 2.45) is 11.0 Å². The van der Waals surface area contributed by atoms with Gasteiger partial charge < -0.3 is 10.1 Å². The Hall–Kier alpha value is -2.86. The van der Waals surface area contributed by atoms with Crippen molar-refractivity contribution in [1.29, 1.82) is 0 Å². The maximum Gasteiger partial charge on any atom is 0.280 e. The number of anilines is 1. The molecule has 152 valence electrons. The fourth-order valence-corrected chi connectivity index (χ4v) is 2.92. The van der Waals surface area contributed by atoms with Crippen molar-refractivity contribution in [3.63, 3.8) is 0 Å². The molecule has 29 heavy (non-hydrogen) atoms. The van der Waals surface area contributed by atoms with E-state index in [2.05, 4.69) is 15.8 Å². The average molecular weight is 414 g/mol. The third-order valence-electron chi connectivity index (χ3n) is 4.64. The smallest absolute Gasteiger partial charge is 0.280 e. The molecule has 0 spiro atoms. The number of hydrazone groups is 1. The molecule has 2 aromatic rings. The van der Waals surface area contributed by atoms with Gasteiger partial charge in [-0.1, -0.05) is 23.7 Å². The molecule has 0 heterocycles. The number of ether oxygens (including phenoxy) is 1. The minimum Gasteiger partial charge on any atom is -0.481 e. The van der Waals surface area contributed by atoms with Crippen LogP contribution in [0, 0.1) is 12.8 Å². The standard InChI is InChI=1S/C22H24ClN3O3/c1-13-11-18(23)9-10-20(13)29-15(3)21(27)26-25-14(2)17-5-4-6-19(12-17)24-22(28)16-7-8-16/h4-6,9-12,15-16H,7-8H2,1-3H3,(H,24,28)(H,26,27)/b25-14-. The summed E-state index contributed by atoms with van der Waals surface area (Å²) in [4.78, 5) is 24.2. The Bertz CT molecular complexity index is 954. The Balaban J connectivity index is 1.59. The highest BCUT2D eigenvalue weighted by atomic mass is 35.5. The summed E-state index contributed by atoms with van der Waals surface area (Å²) in [6.07, 6.45) is 1.18. The van der Waals surface area contributed by atoms with E-state index >= 15 is 0 Å². The molecule has 0 aromatic heterocycles. The molecular weight excluding hydrogens is 390 g/mol. The molecule has 7 heteroatoms. The second-order valence-electron chi connectivity index (χ2n) is 7.19. The van der Waals surface area contributed by atoms with E-state index in [1.807, 2.05) is 31.2 Å². The zero-order chi connectivity index (χ0) is 21.0. The van der Waals surface area contributed by atoms with Gasteiger partial charge in [0.15, 0.2) is 6.10 Å². The Morgan fingerprint density at radius 3 is 2.66 bits per heavy atom. The first kappa shape index (κ1) is 20.9. The average Bonchev–Trinajstić information content (AvgIpc) is 3.53. The van der Waals surface area contributed by atoms with Crippen molar-refractivity contribution in [2.75, 3.05) is 5.32 Å². The van der Waals surface area contributed by atoms with Crippen LogP contribution in [0.1, 0.15) is 37.8 Å². The van der Waals surface area contributed by atoms with Crippen LogP contribution in [0.3, 0.4) is 0 Å². The van der Waals surface area contributed by atoms with Gasteiger partial charge in [-0.15, -0.1) is 0 Å². The normalized spacial score (nSPS) is 14.8. The molecule has 3 rings (SSSR count). The summed E-state index contributed by atoms with van der Waals surface area (Å²) in [6, 6.07) is 12.6. The first-order chi connectivity index (χ1) is 13.8. The molecule has 1 aliphatic carbocycles. The zero-order valence-electron chi connectivity index (χ0n) is 16.7. The lowest BCUT2D eigenvalue weighted by Gasteiger charge is -2.15. The molecular formula is C22H24ClN3O3. The molecule has 0 radical (unpaired) electrons. The number of nitrogens with one attached hydrogen (secondary N) is 2. The first-order valence-corrected chi connectivity index (χ1v) is 9.89. The minimum absolute atomic E-state index is 0.0495. The van der Waals surface area contributed by atoms with Crippen LogP contribution in [0.25, 0.3) is 0 Å². The van der Waals surface area contributed by atoms with E-state index in [9.17, 15) is 9.59 Å². The fourth-order valence-electron chi connectivity index (χ4n) is 2.70. The molecule has 2 amide bonds. The maximum atomic E-state index is 12.3. The molecule has 0 saturated heterocycles. The summed E-state index contributed by atoms with van der Waals surface area (Å²) in [5.74, 6) is 0.417. The van der Waals surface area contributed by atoms with Crippen LogP contribution >= 0.6 is 11.6 Å². The molecule has 0 bridgehead atoms. The number of carbonyl (C=O) groups excluding carboxylic acids is 2. The fraction of sp³-hybridized carbons (Fsp3) is 0.318. The van der Waals surface area contributed by atoms with Crippen molar-refractivity contribution in [3.05, 3.63) is 58.6 Å². The first-order valence-electron chi connectivity index (χ1n) is 9.51. The van der Waals surface area contributed by atoms with Crippen LogP contribution in [0.2, 0.25) is 5.02 Å². The van der Waals surface area contributed by atoms with Crippen molar-refractivity contribution in [3.8, 4) is 5.75 Å². The lowest BCUT2D eigenvalue weighted by molar-refractivity contribution is -0.127. The SMILES string of the molecule is C/C(=N/NC(=O)C(C)Oc1ccc(Cl)cc1C)c1cccc(NC(=O)C2CC2)c1. The Labute approximate surface area is 175 Å². The van der Waals surface area contributed by atoms with Gasteiger partial charge in [-0.05, 0) is 75.1 Å². The second kappa shape index (κ2) is 9.09. The molecule has 1 saturated carbocycles. The number of halogens is 1. The predicted molar refractivity (Wildman–Crippen MR) is 114 cm³/mol. The van der Waals surface area contributed by atoms with Crippen molar-refractivity contribution < 1.29 is 14.3 Å². The van der Waals surface area contributed by atoms with Gasteiger partial charge in [0.05, 0.1) is 5.71 Å². The van der Waals surface area contributed by atoms with Gasteiger partial charge in [-0.3, -0.25) is 9.59 Å². The molecule has 1 fully saturated rings. The van der Waals surface area contributed by atoms with Gasteiger partial charge in [-0.2, -0.15) is 5.10 Å². The zero-order valence-corrected chi connectivity index (χ0v) is 17.4. The summed E-state index contributed by atoms with van der Waals surface area (Å²) in [5.41, 5.74) is 5.53. The van der Waals surface area contributed by atoms with Crippen LogP contribution in [-0.4, -0.2) is 23.6 Å². The highest BCUT2D eigenvalue weighted by molar-refractivity contribution is 6.30. The van der Waals surface area contributed by atoms with Gasteiger partial charge in [0.25, 0.3) is 5.91 Å². The number of amides is 2. The van der Waals surface area contributed by atoms with Crippen LogP contribution in [0.4, 0.5) is 5.69 Å². The van der Waals surface area contributed by atoms with E-state index in [-0.39, 0.29) is 17.7 Å². The lowest BCUT2D eigenvalue weighted by Crippen LogP contribution is -2.34. The van der Waals surface area contributed by atoms with Crippen LogP contribution in [-0.2, 0) is 9.59 Å². The lowest BCUT2D eigenvalue weighted by atomic mass is 10.1. The minimum atomic E-state index is -0.726. The quantitative estimate of drug-likeness (QED) is 0.524. The number of benzene rings is 2. The van der Waals surface area contributed by atoms with E-state index in [4.69, 9.17) is 16.3 Å². The number of aryl methyl sites for hydroxylation is 1. The summed E-state index contributed by atoms with van der Waals surface area (Å²) < 4.78 is 5.70. The van der Waals surface area contributed by atoms with Crippen molar-refractivity contribution in [1.82, 2.24) is 5.43 Å². The van der Waals surface area contributed by atoms with Gasteiger partial charge in [0.1, 0.15) is 5.75 Å². The van der Waals surface area contributed by atoms with Crippen molar-refractivity contribution in [2.45, 2.75) is 39.7 Å². The monoisotopic (exact) mass is 413 g/mol. The van der Waals surface area contributed by atoms with E-state index in [1.165, 1.54) is 0 Å². The highest BCUT2D eigenvalue weighted by Gasteiger charge is 2.29. The van der Waals surface area contributed by atoms with E-state index < -0.39 is 6.10 Å². The van der Waals surface area contributed by atoms with Gasteiger partial charge in [0, 0.05) is 16.6 Å². The van der Waals surface area contributed by atoms with E-state index in [1.54, 1.807) is 32.0 Å². The largest absolute Gasteiger partial charge is 0.481 e. The number of hydrogen-bond donors (Lipinski definition) is 2. The Kier molecular flexibility index (Phi) is 6.54. The summed E-state index contributed by atoms with van der Waals surface area (Å²) >= 11 is 5.94. The summed E-state index contributed by atoms with van der Waals surface area (Å²) in [5, 5.41) is 7.69. The molecule has 1 atom stereocenters. The number of carbonyl (C=O) groups is 2. The maximum absolute atomic E-state index is 12.3. The molecule has 1 unspecified atom stereocenters. The molecule has 6 nitrogen and oxygen atoms in total. The molecule has 2 N–H and O–H groups in total. The molecule has 2 aromatic carbocycles. The summed E-state index contributed by atoms with van der Waals surface area (Å²) in [7, 11) is 0. The van der Waals surface area contributed by atoms with Crippen LogP contribution in [0.15, 0.2) is 47.6 Å². The Morgan fingerprint density at radius 1 is 1.21 bits per heavy atom. The van der Waals surface area contributed by atoms with E-state index in [0.717, 1.165) is 29.7 Å². The topological polar surface area (TPSA) is 79.8 Å². The van der Waals surface area contributed by atoms with Crippen LogP contribution < -0.4 is 15.5 Å². The number of rotatable bonds is 7. The van der Waals surface area contributed by atoms with Gasteiger partial charge >= 0.3 is 0 Å². The third kappa shape index (κ3) is 5.81. The third-order valence-corrected chi connectivity index (χ3v) is 4.87. The molecule has 1 aliphatic rings.